The summed E-state index contributed by atoms with van der Waals surface area (Å²) in [6, 6.07) is 14.1. The van der Waals surface area contributed by atoms with Crippen molar-refractivity contribution >= 4 is 11.8 Å². The number of aryl methyl sites for hydroxylation is 1. The van der Waals surface area contributed by atoms with Crippen LogP contribution in [-0.4, -0.2) is 17.9 Å². The Morgan fingerprint density at radius 1 is 1.13 bits per heavy atom. The van der Waals surface area contributed by atoms with Gasteiger partial charge in [-0.05, 0) is 61.6 Å². The van der Waals surface area contributed by atoms with Crippen molar-refractivity contribution < 1.29 is 18.7 Å². The molecule has 1 heterocycles. The summed E-state index contributed by atoms with van der Waals surface area (Å²) < 4.78 is 12.1. The van der Waals surface area contributed by atoms with Gasteiger partial charge in [0, 0.05) is 12.3 Å². The van der Waals surface area contributed by atoms with Gasteiger partial charge in [-0.15, -0.1) is 0 Å². The molecule has 2 aliphatic carbocycles. The lowest BCUT2D eigenvalue weighted by molar-refractivity contribution is -0.166. The normalized spacial score (nSPS) is 29.2. The fourth-order valence-electron chi connectivity index (χ4n) is 5.71. The molecule has 0 bridgehead atoms. The number of furan rings is 1. The number of carbonyl (C=O) groups excluding carboxylic acids is 2. The lowest BCUT2D eigenvalue weighted by Crippen LogP contribution is -2.48. The third-order valence-electron chi connectivity index (χ3n) is 7.70. The number of carbonyl (C=O) groups is 2. The predicted octanol–water partition coefficient (Wildman–Crippen LogP) is 5.90. The number of rotatable bonds is 5. The zero-order valence-electron chi connectivity index (χ0n) is 19.1. The molecule has 31 heavy (non-hydrogen) atoms. The molecule has 2 saturated carbocycles. The average molecular weight is 423 g/mol. The minimum atomic E-state index is -1.28. The van der Waals surface area contributed by atoms with E-state index in [9.17, 15) is 9.59 Å². The molecule has 2 aromatic rings. The summed E-state index contributed by atoms with van der Waals surface area (Å²) in [7, 11) is 0. The summed E-state index contributed by atoms with van der Waals surface area (Å²) in [6.07, 6.45) is 4.29. The molecule has 1 aromatic heterocycles. The Morgan fingerprint density at radius 2 is 1.87 bits per heavy atom. The van der Waals surface area contributed by atoms with Gasteiger partial charge in [0.15, 0.2) is 11.2 Å². The van der Waals surface area contributed by atoms with Crippen LogP contribution < -0.4 is 0 Å². The average Bonchev–Trinajstić information content (AvgIpc) is 3.34. The standard InChI is InChI=1S/C27H34O4/c1-18-12-14-21(26(3,4)20-9-6-5-7-10-20)22(17-18)31-25(29)27(16-8-11-23(27)28)24-15-13-19(2)30-24/h5-7,9-10,13,15,18,21-22H,8,11-12,14,16-17H2,1-4H3. The Balaban J connectivity index is 1.65. The van der Waals surface area contributed by atoms with Gasteiger partial charge in [-0.3, -0.25) is 9.59 Å². The fraction of sp³-hybridized carbons (Fsp3) is 0.556. The SMILES string of the molecule is Cc1ccc(C2(C(=O)OC3CC(C)CCC3C(C)(C)c3ccccc3)CCCC2=O)o1. The molecular formula is C27H34O4. The topological polar surface area (TPSA) is 56.5 Å². The van der Waals surface area contributed by atoms with Crippen LogP contribution >= 0.6 is 0 Å². The zero-order valence-corrected chi connectivity index (χ0v) is 19.1. The van der Waals surface area contributed by atoms with Gasteiger partial charge in [-0.1, -0.05) is 57.5 Å². The van der Waals surface area contributed by atoms with Crippen LogP contribution in [0.1, 0.15) is 76.4 Å². The van der Waals surface area contributed by atoms with Gasteiger partial charge in [-0.25, -0.2) is 0 Å². The van der Waals surface area contributed by atoms with E-state index in [1.54, 1.807) is 6.07 Å². The van der Waals surface area contributed by atoms with E-state index < -0.39 is 11.4 Å². The second-order valence-corrected chi connectivity index (χ2v) is 10.1. The van der Waals surface area contributed by atoms with Crippen LogP contribution in [-0.2, 0) is 25.2 Å². The summed E-state index contributed by atoms with van der Waals surface area (Å²) in [6.45, 7) is 8.55. The van der Waals surface area contributed by atoms with Gasteiger partial charge in [0.2, 0.25) is 0 Å². The van der Waals surface area contributed by atoms with Crippen LogP contribution in [0, 0.1) is 18.8 Å². The number of benzene rings is 1. The van der Waals surface area contributed by atoms with Crippen molar-refractivity contribution in [3.05, 3.63) is 59.5 Å². The maximum Gasteiger partial charge on any atom is 0.327 e. The van der Waals surface area contributed by atoms with Crippen molar-refractivity contribution in [3.8, 4) is 0 Å². The molecule has 166 valence electrons. The Kier molecular flexibility index (Phi) is 5.85. The zero-order chi connectivity index (χ0) is 22.2. The first-order chi connectivity index (χ1) is 14.7. The van der Waals surface area contributed by atoms with E-state index in [0.717, 1.165) is 19.3 Å². The van der Waals surface area contributed by atoms with Gasteiger partial charge in [-0.2, -0.15) is 0 Å². The molecule has 0 spiro atoms. The smallest absolute Gasteiger partial charge is 0.327 e. The molecule has 2 fully saturated rings. The van der Waals surface area contributed by atoms with Crippen LogP contribution in [0.4, 0.5) is 0 Å². The number of Topliss-reactive ketones (excluding diaryl/α,β-unsaturated/α-hetero) is 1. The molecule has 4 heteroatoms. The first kappa shape index (κ1) is 21.9. The van der Waals surface area contributed by atoms with Crippen LogP contribution in [0.2, 0.25) is 0 Å². The van der Waals surface area contributed by atoms with Crippen LogP contribution in [0.15, 0.2) is 46.9 Å². The lowest BCUT2D eigenvalue weighted by atomic mass is 9.64. The van der Waals surface area contributed by atoms with Gasteiger partial charge >= 0.3 is 5.97 Å². The van der Waals surface area contributed by atoms with E-state index in [1.165, 1.54) is 5.56 Å². The molecule has 4 nitrogen and oxygen atoms in total. The fourth-order valence-corrected chi connectivity index (χ4v) is 5.71. The molecule has 0 amide bonds. The van der Waals surface area contributed by atoms with E-state index in [4.69, 9.17) is 9.15 Å². The monoisotopic (exact) mass is 422 g/mol. The highest BCUT2D eigenvalue weighted by Crippen LogP contribution is 2.46. The predicted molar refractivity (Wildman–Crippen MR) is 120 cm³/mol. The summed E-state index contributed by atoms with van der Waals surface area (Å²) in [5.74, 6) is 1.34. The van der Waals surface area contributed by atoms with E-state index in [-0.39, 0.29) is 23.2 Å². The second kappa shape index (κ2) is 8.29. The Labute approximate surface area is 185 Å². The quantitative estimate of drug-likeness (QED) is 0.444. The van der Waals surface area contributed by atoms with Crippen molar-refractivity contribution in [3.63, 3.8) is 0 Å². The third kappa shape index (κ3) is 3.86. The van der Waals surface area contributed by atoms with E-state index in [0.29, 0.717) is 36.7 Å². The highest BCUT2D eigenvalue weighted by molar-refractivity contribution is 6.10. The molecule has 1 aromatic carbocycles. The highest BCUT2D eigenvalue weighted by atomic mass is 16.5. The summed E-state index contributed by atoms with van der Waals surface area (Å²) in [4.78, 5) is 26.7. The van der Waals surface area contributed by atoms with Crippen molar-refractivity contribution in [2.75, 3.05) is 0 Å². The second-order valence-electron chi connectivity index (χ2n) is 10.1. The highest BCUT2D eigenvalue weighted by Gasteiger charge is 2.55. The Morgan fingerprint density at radius 3 is 2.48 bits per heavy atom. The number of ketones is 1. The molecule has 4 unspecified atom stereocenters. The molecule has 4 rings (SSSR count). The van der Waals surface area contributed by atoms with Crippen molar-refractivity contribution in [2.45, 2.75) is 83.2 Å². The van der Waals surface area contributed by atoms with Crippen molar-refractivity contribution in [1.82, 2.24) is 0 Å². The first-order valence-electron chi connectivity index (χ1n) is 11.6. The van der Waals surface area contributed by atoms with E-state index >= 15 is 0 Å². The molecule has 2 aliphatic rings. The summed E-state index contributed by atoms with van der Waals surface area (Å²) in [5, 5.41) is 0. The summed E-state index contributed by atoms with van der Waals surface area (Å²) >= 11 is 0. The number of esters is 1. The minimum Gasteiger partial charge on any atom is -0.465 e. The van der Waals surface area contributed by atoms with Crippen LogP contribution in [0.5, 0.6) is 0 Å². The van der Waals surface area contributed by atoms with Gasteiger partial charge in [0.05, 0.1) is 0 Å². The largest absolute Gasteiger partial charge is 0.465 e. The maximum absolute atomic E-state index is 13.7. The number of hydrogen-bond acceptors (Lipinski definition) is 4. The molecule has 0 aliphatic heterocycles. The summed E-state index contributed by atoms with van der Waals surface area (Å²) in [5.41, 5.74) is -0.166. The molecule has 4 atom stereocenters. The lowest BCUT2D eigenvalue weighted by Gasteiger charge is -2.44. The third-order valence-corrected chi connectivity index (χ3v) is 7.70. The van der Waals surface area contributed by atoms with E-state index in [1.807, 2.05) is 19.1 Å². The molecule has 0 saturated heterocycles. The van der Waals surface area contributed by atoms with Gasteiger partial charge < -0.3 is 9.15 Å². The van der Waals surface area contributed by atoms with Crippen molar-refractivity contribution in [1.29, 1.82) is 0 Å². The Hall–Kier alpha value is -2.36. The number of hydrogen-bond donors (Lipinski definition) is 0. The molecular weight excluding hydrogens is 388 g/mol. The van der Waals surface area contributed by atoms with Gasteiger partial charge in [0.1, 0.15) is 17.6 Å². The van der Waals surface area contributed by atoms with Gasteiger partial charge in [0.25, 0.3) is 0 Å². The Bertz CT molecular complexity index is 941. The number of ether oxygens (including phenoxy) is 1. The van der Waals surface area contributed by atoms with Crippen LogP contribution in [0.3, 0.4) is 0 Å². The first-order valence-corrected chi connectivity index (χ1v) is 11.6. The van der Waals surface area contributed by atoms with Crippen LogP contribution in [0.25, 0.3) is 0 Å². The minimum absolute atomic E-state index is 0.0745. The van der Waals surface area contributed by atoms with E-state index in [2.05, 4.69) is 45.0 Å². The van der Waals surface area contributed by atoms with Crippen molar-refractivity contribution in [2.24, 2.45) is 11.8 Å². The molecule has 0 N–H and O–H groups in total. The molecule has 0 radical (unpaired) electrons. The maximum atomic E-state index is 13.7.